The Bertz CT molecular complexity index is 417. The van der Waals surface area contributed by atoms with Crippen molar-refractivity contribution < 1.29 is 4.74 Å². The van der Waals surface area contributed by atoms with Gasteiger partial charge in [-0.3, -0.25) is 0 Å². The molecule has 1 aromatic rings. The average Bonchev–Trinajstić information content (AvgIpc) is 2.39. The first-order valence-electron chi connectivity index (χ1n) is 6.88. The van der Waals surface area contributed by atoms with E-state index in [1.165, 1.54) is 25.9 Å². The number of methoxy groups -OCH3 is 1. The molecule has 1 aromatic carbocycles. The summed E-state index contributed by atoms with van der Waals surface area (Å²) < 4.78 is 6.25. The lowest BCUT2D eigenvalue weighted by molar-refractivity contribution is 0.208. The maximum Gasteiger partial charge on any atom is 0.133 e. The largest absolute Gasteiger partial charge is 0.496 e. The Kier molecular flexibility index (Phi) is 5.11. The van der Waals surface area contributed by atoms with Crippen LogP contribution in [0, 0.1) is 5.92 Å². The average molecular weight is 327 g/mol. The molecule has 0 saturated carbocycles. The number of nitrogens with zero attached hydrogens (tertiary/aromatic N) is 1. The van der Waals surface area contributed by atoms with E-state index in [9.17, 15) is 0 Å². The fraction of sp³-hybridized carbons (Fsp3) is 0.600. The molecule has 0 aliphatic carbocycles. The van der Waals surface area contributed by atoms with Crippen LogP contribution in [0.15, 0.2) is 22.7 Å². The van der Waals surface area contributed by atoms with E-state index in [-0.39, 0.29) is 0 Å². The number of ether oxygens (including phenoxy) is 1. The topological polar surface area (TPSA) is 24.5 Å². The van der Waals surface area contributed by atoms with Crippen LogP contribution in [0.5, 0.6) is 5.75 Å². The van der Waals surface area contributed by atoms with Crippen LogP contribution >= 0.6 is 15.9 Å². The normalized spacial score (nSPS) is 19.2. The van der Waals surface area contributed by atoms with Gasteiger partial charge in [0.2, 0.25) is 0 Å². The van der Waals surface area contributed by atoms with Crippen LogP contribution in [0.25, 0.3) is 0 Å². The molecule has 1 fully saturated rings. The SMILES string of the molecule is COc1ccc(NC(C)C2CCN(C)CC2)cc1Br. The molecule has 106 valence electrons. The predicted molar refractivity (Wildman–Crippen MR) is 84.0 cm³/mol. The van der Waals surface area contributed by atoms with Crippen LogP contribution in [0.4, 0.5) is 5.69 Å². The Hall–Kier alpha value is -0.740. The Morgan fingerprint density at radius 2 is 2.05 bits per heavy atom. The van der Waals surface area contributed by atoms with Crippen molar-refractivity contribution in [2.45, 2.75) is 25.8 Å². The standard InChI is InChI=1S/C15H23BrN2O/c1-11(12-6-8-18(2)9-7-12)17-13-4-5-15(19-3)14(16)10-13/h4-5,10-12,17H,6-9H2,1-3H3. The molecule has 1 unspecified atom stereocenters. The molecule has 1 saturated heterocycles. The molecular weight excluding hydrogens is 304 g/mol. The fourth-order valence-corrected chi connectivity index (χ4v) is 3.21. The number of hydrogen-bond acceptors (Lipinski definition) is 3. The molecule has 0 amide bonds. The van der Waals surface area contributed by atoms with Crippen molar-refractivity contribution in [2.24, 2.45) is 5.92 Å². The summed E-state index contributed by atoms with van der Waals surface area (Å²) in [7, 11) is 3.89. The van der Waals surface area contributed by atoms with E-state index in [0.717, 1.165) is 21.8 Å². The van der Waals surface area contributed by atoms with Gasteiger partial charge in [0.05, 0.1) is 11.6 Å². The van der Waals surface area contributed by atoms with Crippen LogP contribution in [0.3, 0.4) is 0 Å². The number of likely N-dealkylation sites (tertiary alicyclic amines) is 1. The fourth-order valence-electron chi connectivity index (χ4n) is 2.67. The molecule has 0 spiro atoms. The molecule has 0 bridgehead atoms. The van der Waals surface area contributed by atoms with Gasteiger partial charge < -0.3 is 15.0 Å². The summed E-state index contributed by atoms with van der Waals surface area (Å²) in [5, 5.41) is 3.61. The maximum absolute atomic E-state index is 5.25. The number of anilines is 1. The lowest BCUT2D eigenvalue weighted by Crippen LogP contribution is -2.37. The van der Waals surface area contributed by atoms with Gasteiger partial charge in [-0.2, -0.15) is 0 Å². The predicted octanol–water partition coefficient (Wildman–Crippen LogP) is 3.60. The van der Waals surface area contributed by atoms with E-state index in [0.29, 0.717) is 6.04 Å². The van der Waals surface area contributed by atoms with E-state index in [1.54, 1.807) is 7.11 Å². The van der Waals surface area contributed by atoms with Gasteiger partial charge in [0.15, 0.2) is 0 Å². The van der Waals surface area contributed by atoms with E-state index >= 15 is 0 Å². The molecular formula is C15H23BrN2O. The van der Waals surface area contributed by atoms with Crippen LogP contribution in [0.1, 0.15) is 19.8 Å². The lowest BCUT2D eigenvalue weighted by Gasteiger charge is -2.33. The molecule has 1 heterocycles. The minimum atomic E-state index is 0.508. The van der Waals surface area contributed by atoms with Gasteiger partial charge in [-0.15, -0.1) is 0 Å². The third kappa shape index (κ3) is 3.86. The number of halogens is 1. The van der Waals surface area contributed by atoms with Gasteiger partial charge in [-0.25, -0.2) is 0 Å². The van der Waals surface area contributed by atoms with Crippen LogP contribution in [0.2, 0.25) is 0 Å². The van der Waals surface area contributed by atoms with Gasteiger partial charge in [-0.1, -0.05) is 0 Å². The van der Waals surface area contributed by atoms with Crippen molar-refractivity contribution >= 4 is 21.6 Å². The van der Waals surface area contributed by atoms with Crippen molar-refractivity contribution in [3.8, 4) is 5.75 Å². The third-order valence-electron chi connectivity index (χ3n) is 4.02. The number of rotatable bonds is 4. The molecule has 1 N–H and O–H groups in total. The molecule has 1 aliphatic rings. The number of piperidine rings is 1. The minimum Gasteiger partial charge on any atom is -0.496 e. The molecule has 0 aromatic heterocycles. The molecule has 0 radical (unpaired) electrons. The van der Waals surface area contributed by atoms with Gasteiger partial charge in [-0.05, 0) is 79.9 Å². The Labute approximate surface area is 124 Å². The Morgan fingerprint density at radius 1 is 1.37 bits per heavy atom. The van der Waals surface area contributed by atoms with Gasteiger partial charge in [0, 0.05) is 11.7 Å². The van der Waals surface area contributed by atoms with Gasteiger partial charge in [0.1, 0.15) is 5.75 Å². The zero-order valence-electron chi connectivity index (χ0n) is 11.9. The van der Waals surface area contributed by atoms with Gasteiger partial charge in [0.25, 0.3) is 0 Å². The summed E-state index contributed by atoms with van der Waals surface area (Å²) in [6.45, 7) is 4.71. The highest BCUT2D eigenvalue weighted by molar-refractivity contribution is 9.10. The minimum absolute atomic E-state index is 0.508. The first-order valence-corrected chi connectivity index (χ1v) is 7.68. The quantitative estimate of drug-likeness (QED) is 0.914. The second kappa shape index (κ2) is 6.62. The summed E-state index contributed by atoms with van der Waals surface area (Å²) in [6.07, 6.45) is 2.56. The summed E-state index contributed by atoms with van der Waals surface area (Å²) >= 11 is 3.53. The highest BCUT2D eigenvalue weighted by atomic mass is 79.9. The van der Waals surface area contributed by atoms with Crippen LogP contribution in [-0.4, -0.2) is 38.2 Å². The van der Waals surface area contributed by atoms with Gasteiger partial charge >= 0.3 is 0 Å². The number of nitrogens with one attached hydrogen (secondary N) is 1. The Balaban J connectivity index is 1.95. The maximum atomic E-state index is 5.25. The van der Waals surface area contributed by atoms with E-state index in [2.05, 4.69) is 52.3 Å². The second-order valence-electron chi connectivity index (χ2n) is 5.42. The molecule has 1 atom stereocenters. The molecule has 4 heteroatoms. The zero-order chi connectivity index (χ0) is 13.8. The van der Waals surface area contributed by atoms with Crippen molar-refractivity contribution in [1.29, 1.82) is 0 Å². The van der Waals surface area contributed by atoms with Crippen molar-refractivity contribution in [3.63, 3.8) is 0 Å². The Morgan fingerprint density at radius 3 is 2.63 bits per heavy atom. The van der Waals surface area contributed by atoms with E-state index in [4.69, 9.17) is 4.74 Å². The van der Waals surface area contributed by atoms with Crippen LogP contribution in [-0.2, 0) is 0 Å². The van der Waals surface area contributed by atoms with Crippen LogP contribution < -0.4 is 10.1 Å². The summed E-state index contributed by atoms with van der Waals surface area (Å²) in [5.41, 5.74) is 1.15. The lowest BCUT2D eigenvalue weighted by atomic mass is 9.90. The first kappa shape index (κ1) is 14.7. The van der Waals surface area contributed by atoms with E-state index in [1.807, 2.05) is 6.07 Å². The first-order chi connectivity index (χ1) is 9.10. The monoisotopic (exact) mass is 326 g/mol. The molecule has 3 nitrogen and oxygen atoms in total. The molecule has 1 aliphatic heterocycles. The van der Waals surface area contributed by atoms with Crippen molar-refractivity contribution in [3.05, 3.63) is 22.7 Å². The summed E-state index contributed by atoms with van der Waals surface area (Å²) in [4.78, 5) is 2.41. The summed E-state index contributed by atoms with van der Waals surface area (Å²) in [5.74, 6) is 1.63. The summed E-state index contributed by atoms with van der Waals surface area (Å²) in [6, 6.07) is 6.67. The molecule has 2 rings (SSSR count). The second-order valence-corrected chi connectivity index (χ2v) is 6.28. The third-order valence-corrected chi connectivity index (χ3v) is 4.64. The van der Waals surface area contributed by atoms with Crippen molar-refractivity contribution in [2.75, 3.05) is 32.6 Å². The number of hydrogen-bond donors (Lipinski definition) is 1. The molecule has 19 heavy (non-hydrogen) atoms. The number of benzene rings is 1. The van der Waals surface area contributed by atoms with Crippen molar-refractivity contribution in [1.82, 2.24) is 4.90 Å². The highest BCUT2D eigenvalue weighted by Gasteiger charge is 2.22. The zero-order valence-corrected chi connectivity index (χ0v) is 13.5. The van der Waals surface area contributed by atoms with E-state index < -0.39 is 0 Å². The highest BCUT2D eigenvalue weighted by Crippen LogP contribution is 2.29. The smallest absolute Gasteiger partial charge is 0.133 e.